The number of alkyl halides is 3. The number of carbonyl (C=O) groups excluding carboxylic acids is 1. The molecule has 32 heavy (non-hydrogen) atoms. The molecule has 0 aliphatic rings. The van der Waals surface area contributed by atoms with Crippen molar-refractivity contribution >= 4 is 63.2 Å². The van der Waals surface area contributed by atoms with Crippen LogP contribution in [-0.2, 0) is 6.18 Å². The number of hydrogen-bond donors (Lipinski definition) is 3. The fourth-order valence-corrected chi connectivity index (χ4v) is 3.92. The van der Waals surface area contributed by atoms with E-state index in [0.717, 1.165) is 17.1 Å². The van der Waals surface area contributed by atoms with Crippen LogP contribution in [0.2, 0.25) is 5.02 Å². The summed E-state index contributed by atoms with van der Waals surface area (Å²) >= 11 is 12.3. The molecule has 0 fully saturated rings. The summed E-state index contributed by atoms with van der Waals surface area (Å²) in [5.41, 5.74) is 0.346. The second-order valence-electron chi connectivity index (χ2n) is 7.00. The molecule has 0 spiro atoms. The van der Waals surface area contributed by atoms with Gasteiger partial charge in [-0.05, 0) is 42.5 Å². The zero-order chi connectivity index (χ0) is 23.5. The van der Waals surface area contributed by atoms with E-state index in [2.05, 4.69) is 20.9 Å². The third-order valence-corrected chi connectivity index (χ3v) is 5.88. The molecule has 168 valence electrons. The summed E-state index contributed by atoms with van der Waals surface area (Å²) in [5, 5.41) is 10.5. The van der Waals surface area contributed by atoms with Crippen LogP contribution in [0, 0.1) is 0 Å². The van der Waals surface area contributed by atoms with Crippen molar-refractivity contribution in [1.82, 2.24) is 4.98 Å². The molecule has 2 aromatic carbocycles. The van der Waals surface area contributed by atoms with E-state index in [4.69, 9.17) is 23.8 Å². The molecule has 0 unspecified atom stereocenters. The van der Waals surface area contributed by atoms with Gasteiger partial charge >= 0.3 is 6.18 Å². The molecular formula is C21H18ClF3N4OS2. The molecule has 11 heteroatoms. The Balaban J connectivity index is 1.72. The van der Waals surface area contributed by atoms with E-state index >= 15 is 0 Å². The Bertz CT molecular complexity index is 1150. The molecule has 0 radical (unpaired) electrons. The quantitative estimate of drug-likeness (QED) is 0.330. The highest BCUT2D eigenvalue weighted by Gasteiger charge is 2.33. The summed E-state index contributed by atoms with van der Waals surface area (Å²) < 4.78 is 39.2. The van der Waals surface area contributed by atoms with Crippen molar-refractivity contribution in [3.05, 3.63) is 69.1 Å². The largest absolute Gasteiger partial charge is 0.417 e. The van der Waals surface area contributed by atoms with Gasteiger partial charge in [-0.15, -0.1) is 11.3 Å². The second-order valence-corrected chi connectivity index (χ2v) is 8.70. The molecule has 0 aliphatic carbocycles. The summed E-state index contributed by atoms with van der Waals surface area (Å²) in [6.45, 7) is 3.98. The van der Waals surface area contributed by atoms with Crippen LogP contribution in [0.4, 0.5) is 30.2 Å². The van der Waals surface area contributed by atoms with E-state index in [1.807, 2.05) is 13.8 Å². The predicted molar refractivity (Wildman–Crippen MR) is 127 cm³/mol. The number of carbonyl (C=O) groups is 1. The van der Waals surface area contributed by atoms with Crippen molar-refractivity contribution in [2.75, 3.05) is 16.0 Å². The number of para-hydroxylation sites is 2. The SMILES string of the molecule is CC(C)c1nc(C(=O)Nc2ccccc2NC(=S)Nc2ccc(Cl)c(C(F)(F)F)c2)cs1. The summed E-state index contributed by atoms with van der Waals surface area (Å²) in [4.78, 5) is 16.9. The maximum absolute atomic E-state index is 13.1. The Kier molecular flexibility index (Phi) is 7.37. The van der Waals surface area contributed by atoms with Crippen molar-refractivity contribution in [2.45, 2.75) is 25.9 Å². The van der Waals surface area contributed by atoms with E-state index in [9.17, 15) is 18.0 Å². The normalized spacial score (nSPS) is 11.3. The number of hydrogen-bond acceptors (Lipinski definition) is 4. The first-order chi connectivity index (χ1) is 15.0. The molecular weight excluding hydrogens is 481 g/mol. The average Bonchev–Trinajstić information content (AvgIpc) is 3.21. The first kappa shape index (κ1) is 24.0. The van der Waals surface area contributed by atoms with Gasteiger partial charge in [0.25, 0.3) is 5.91 Å². The maximum Gasteiger partial charge on any atom is 0.417 e. The van der Waals surface area contributed by atoms with Gasteiger partial charge in [-0.1, -0.05) is 37.6 Å². The highest BCUT2D eigenvalue weighted by Crippen LogP contribution is 2.36. The van der Waals surface area contributed by atoms with Gasteiger partial charge in [0.1, 0.15) is 5.69 Å². The van der Waals surface area contributed by atoms with Crippen molar-refractivity contribution < 1.29 is 18.0 Å². The molecule has 0 bridgehead atoms. The molecule has 5 nitrogen and oxygen atoms in total. The van der Waals surface area contributed by atoms with Crippen LogP contribution in [0.5, 0.6) is 0 Å². The Hall–Kier alpha value is -2.69. The molecule has 3 rings (SSSR count). The van der Waals surface area contributed by atoms with Crippen LogP contribution in [0.3, 0.4) is 0 Å². The smallest absolute Gasteiger partial charge is 0.332 e. The van der Waals surface area contributed by atoms with Gasteiger partial charge in [-0.3, -0.25) is 4.79 Å². The van der Waals surface area contributed by atoms with Gasteiger partial charge in [0, 0.05) is 17.0 Å². The van der Waals surface area contributed by atoms with Crippen LogP contribution >= 0.6 is 35.2 Å². The zero-order valence-electron chi connectivity index (χ0n) is 16.9. The van der Waals surface area contributed by atoms with Crippen LogP contribution in [0.15, 0.2) is 47.8 Å². The van der Waals surface area contributed by atoms with Gasteiger partial charge in [0.15, 0.2) is 5.11 Å². The minimum absolute atomic E-state index is 0.0397. The fourth-order valence-electron chi connectivity index (χ4n) is 2.65. The van der Waals surface area contributed by atoms with E-state index in [0.29, 0.717) is 17.1 Å². The van der Waals surface area contributed by atoms with Gasteiger partial charge < -0.3 is 16.0 Å². The number of benzene rings is 2. The van der Waals surface area contributed by atoms with Crippen molar-refractivity contribution in [3.8, 4) is 0 Å². The van der Waals surface area contributed by atoms with Gasteiger partial charge in [0.05, 0.1) is 27.0 Å². The maximum atomic E-state index is 13.1. The first-order valence-corrected chi connectivity index (χ1v) is 11.0. The molecule has 0 aliphatic heterocycles. The van der Waals surface area contributed by atoms with E-state index < -0.39 is 16.8 Å². The number of rotatable bonds is 5. The zero-order valence-corrected chi connectivity index (χ0v) is 19.3. The Morgan fingerprint density at radius 1 is 1.09 bits per heavy atom. The van der Waals surface area contributed by atoms with Crippen LogP contribution in [-0.4, -0.2) is 16.0 Å². The van der Waals surface area contributed by atoms with Crippen molar-refractivity contribution in [2.24, 2.45) is 0 Å². The number of anilines is 3. The van der Waals surface area contributed by atoms with Crippen molar-refractivity contribution in [3.63, 3.8) is 0 Å². The number of thiazole rings is 1. The lowest BCUT2D eigenvalue weighted by atomic mass is 10.2. The summed E-state index contributed by atoms with van der Waals surface area (Å²) in [7, 11) is 0. The van der Waals surface area contributed by atoms with Gasteiger partial charge in [-0.2, -0.15) is 13.2 Å². The summed E-state index contributed by atoms with van der Waals surface area (Å²) in [6.07, 6.45) is -4.59. The average molecular weight is 499 g/mol. The summed E-state index contributed by atoms with van der Waals surface area (Å²) in [6, 6.07) is 10.2. The van der Waals surface area contributed by atoms with Crippen LogP contribution < -0.4 is 16.0 Å². The third kappa shape index (κ3) is 5.96. The number of aromatic nitrogens is 1. The minimum Gasteiger partial charge on any atom is -0.332 e. The Morgan fingerprint density at radius 3 is 2.34 bits per heavy atom. The first-order valence-electron chi connectivity index (χ1n) is 9.35. The lowest BCUT2D eigenvalue weighted by Crippen LogP contribution is -2.21. The topological polar surface area (TPSA) is 66.0 Å². The standard InChI is InChI=1S/C21H18ClF3N4OS2/c1-11(2)19-28-17(10-32-19)18(30)27-15-5-3-4-6-16(15)29-20(31)26-12-7-8-14(22)13(9-12)21(23,24)25/h3-11H,1-2H3,(H,27,30)(H2,26,29,31). The van der Waals surface area contributed by atoms with E-state index in [1.165, 1.54) is 17.4 Å². The third-order valence-electron chi connectivity index (χ3n) is 4.20. The number of amides is 1. The van der Waals surface area contributed by atoms with E-state index in [-0.39, 0.29) is 22.6 Å². The molecule has 1 amide bonds. The molecule has 1 aromatic heterocycles. The van der Waals surface area contributed by atoms with Gasteiger partial charge in [0.2, 0.25) is 0 Å². The monoisotopic (exact) mass is 498 g/mol. The lowest BCUT2D eigenvalue weighted by Gasteiger charge is -2.16. The molecule has 0 saturated heterocycles. The van der Waals surface area contributed by atoms with Crippen LogP contribution in [0.25, 0.3) is 0 Å². The molecule has 3 N–H and O–H groups in total. The Morgan fingerprint density at radius 2 is 1.75 bits per heavy atom. The van der Waals surface area contributed by atoms with Gasteiger partial charge in [-0.25, -0.2) is 4.98 Å². The molecule has 0 atom stereocenters. The predicted octanol–water partition coefficient (Wildman–Crippen LogP) is 7.00. The highest BCUT2D eigenvalue weighted by atomic mass is 35.5. The number of thiocarbonyl (C=S) groups is 1. The number of halogens is 4. The lowest BCUT2D eigenvalue weighted by molar-refractivity contribution is -0.137. The number of nitrogens with zero attached hydrogens (tertiary/aromatic N) is 1. The van der Waals surface area contributed by atoms with Crippen molar-refractivity contribution in [1.29, 1.82) is 0 Å². The van der Waals surface area contributed by atoms with Crippen LogP contribution in [0.1, 0.15) is 40.8 Å². The molecule has 3 aromatic rings. The second kappa shape index (κ2) is 9.85. The highest BCUT2D eigenvalue weighted by molar-refractivity contribution is 7.80. The molecule has 0 saturated carbocycles. The van der Waals surface area contributed by atoms with E-state index in [1.54, 1.807) is 29.6 Å². The fraction of sp³-hybridized carbons (Fsp3) is 0.190. The number of nitrogens with one attached hydrogen (secondary N) is 3. The molecule has 1 heterocycles. The summed E-state index contributed by atoms with van der Waals surface area (Å²) in [5.74, 6) is -0.168. The minimum atomic E-state index is -4.59. The Labute approximate surface area is 197 Å².